The fourth-order valence-electron chi connectivity index (χ4n) is 4.39. The first-order chi connectivity index (χ1) is 16.3. The topological polar surface area (TPSA) is 87.8 Å². The van der Waals surface area contributed by atoms with E-state index in [4.69, 9.17) is 14.1 Å². The second-order valence-corrected chi connectivity index (χ2v) is 8.39. The largest absolute Gasteiger partial charge is 0.493 e. The summed E-state index contributed by atoms with van der Waals surface area (Å²) in [5.74, 6) is 3.55. The van der Waals surface area contributed by atoms with Crippen molar-refractivity contribution in [1.29, 1.82) is 0 Å². The minimum atomic E-state index is 0. The fourth-order valence-corrected chi connectivity index (χ4v) is 4.39. The number of rotatable bonds is 6. The maximum absolute atomic E-state index is 5.84. The molecule has 2 aliphatic rings. The summed E-state index contributed by atoms with van der Waals surface area (Å²) in [6, 6.07) is 14.5. The average Bonchev–Trinajstić information content (AvgIpc) is 3.39. The van der Waals surface area contributed by atoms with Crippen molar-refractivity contribution in [2.75, 3.05) is 31.1 Å². The number of aliphatic imine (C=N–C) groups is 1. The molecular formula is C25H31IN6O2. The molecule has 34 heavy (non-hydrogen) atoms. The molecule has 1 saturated heterocycles. The lowest BCUT2D eigenvalue weighted by molar-refractivity contribution is 0.261. The van der Waals surface area contributed by atoms with Gasteiger partial charge in [0.05, 0.1) is 18.9 Å². The van der Waals surface area contributed by atoms with E-state index in [2.05, 4.69) is 37.6 Å². The number of piperidine rings is 1. The molecule has 9 heteroatoms. The summed E-state index contributed by atoms with van der Waals surface area (Å²) in [6.45, 7) is 3.19. The molecule has 3 aromatic rings. The van der Waals surface area contributed by atoms with Crippen LogP contribution in [0.2, 0.25) is 0 Å². The van der Waals surface area contributed by atoms with Crippen LogP contribution in [-0.4, -0.2) is 48.2 Å². The van der Waals surface area contributed by atoms with Gasteiger partial charge in [0.1, 0.15) is 11.5 Å². The second kappa shape index (κ2) is 12.0. The van der Waals surface area contributed by atoms with E-state index in [1.165, 1.54) is 5.56 Å². The molecule has 8 nitrogen and oxygen atoms in total. The van der Waals surface area contributed by atoms with E-state index >= 15 is 0 Å². The lowest BCUT2D eigenvalue weighted by Gasteiger charge is -2.34. The minimum absolute atomic E-state index is 0. The maximum Gasteiger partial charge on any atom is 0.225 e. The highest BCUT2D eigenvalue weighted by Crippen LogP contribution is 2.31. The van der Waals surface area contributed by atoms with Crippen LogP contribution in [0.15, 0.2) is 70.5 Å². The number of para-hydroxylation sites is 1. The molecule has 2 aromatic heterocycles. The number of guanidine groups is 1. The first kappa shape index (κ1) is 24.3. The summed E-state index contributed by atoms with van der Waals surface area (Å²) in [7, 11) is 0. The van der Waals surface area contributed by atoms with Gasteiger partial charge in [-0.2, -0.15) is 0 Å². The third-order valence-corrected chi connectivity index (χ3v) is 6.15. The highest BCUT2D eigenvalue weighted by molar-refractivity contribution is 14.0. The van der Waals surface area contributed by atoms with Crippen molar-refractivity contribution in [2.45, 2.75) is 37.8 Å². The van der Waals surface area contributed by atoms with Crippen molar-refractivity contribution >= 4 is 35.9 Å². The monoisotopic (exact) mass is 574 g/mol. The average molecular weight is 574 g/mol. The predicted octanol–water partition coefficient (Wildman–Crippen LogP) is 3.96. The number of hydrogen-bond donors (Lipinski definition) is 2. The van der Waals surface area contributed by atoms with Crippen molar-refractivity contribution < 1.29 is 9.15 Å². The predicted molar refractivity (Wildman–Crippen MR) is 143 cm³/mol. The molecule has 5 rings (SSSR count). The Morgan fingerprint density at radius 3 is 2.62 bits per heavy atom. The number of anilines is 1. The van der Waals surface area contributed by atoms with Crippen molar-refractivity contribution in [3.63, 3.8) is 0 Å². The van der Waals surface area contributed by atoms with Crippen LogP contribution in [0, 0.1) is 0 Å². The van der Waals surface area contributed by atoms with Gasteiger partial charge in [0.25, 0.3) is 0 Å². The lowest BCUT2D eigenvalue weighted by atomic mass is 10.0. The quantitative estimate of drug-likeness (QED) is 0.262. The van der Waals surface area contributed by atoms with E-state index in [1.54, 1.807) is 18.7 Å². The SMILES string of the molecule is I.c1cnc(N2CCC(NC(=NCCc3ccco3)NC3CCOc4ccccc43)CC2)nc1. The fraction of sp³-hybridized carbons (Fsp3) is 0.400. The Labute approximate surface area is 217 Å². The molecule has 1 aromatic carbocycles. The molecular weight excluding hydrogens is 543 g/mol. The van der Waals surface area contributed by atoms with Crippen LogP contribution in [0.1, 0.15) is 36.6 Å². The lowest BCUT2D eigenvalue weighted by Crippen LogP contribution is -2.50. The molecule has 0 radical (unpaired) electrons. The summed E-state index contributed by atoms with van der Waals surface area (Å²) < 4.78 is 11.3. The summed E-state index contributed by atoms with van der Waals surface area (Å²) in [5.41, 5.74) is 1.18. The van der Waals surface area contributed by atoms with E-state index < -0.39 is 0 Å². The van der Waals surface area contributed by atoms with Gasteiger partial charge in [0.15, 0.2) is 5.96 Å². The van der Waals surface area contributed by atoms with Crippen molar-refractivity contribution in [3.05, 3.63) is 72.4 Å². The summed E-state index contributed by atoms with van der Waals surface area (Å²) in [6.07, 6.45) is 8.98. The zero-order valence-corrected chi connectivity index (χ0v) is 21.4. The standard InChI is InChI=1S/C25H30N6O2.HI/c1-2-7-23-21(6-1)22(11-18-33-23)30-24(26-14-8-20-5-3-17-32-20)29-19-9-15-31(16-10-19)25-27-12-4-13-28-25;/h1-7,12-13,17,19,22H,8-11,14-16,18H2,(H2,26,29,30);1H. The van der Waals surface area contributed by atoms with Gasteiger partial charge in [-0.15, -0.1) is 24.0 Å². The first-order valence-electron chi connectivity index (χ1n) is 11.7. The molecule has 180 valence electrons. The highest BCUT2D eigenvalue weighted by atomic mass is 127. The number of halogens is 1. The Hall–Kier alpha value is -2.82. The van der Waals surface area contributed by atoms with E-state index in [0.29, 0.717) is 19.2 Å². The number of benzene rings is 1. The van der Waals surface area contributed by atoms with Gasteiger partial charge in [-0.25, -0.2) is 9.97 Å². The number of aromatic nitrogens is 2. The molecule has 2 aliphatic heterocycles. The molecule has 0 spiro atoms. The van der Waals surface area contributed by atoms with Gasteiger partial charge in [-0.1, -0.05) is 18.2 Å². The molecule has 0 amide bonds. The number of fused-ring (bicyclic) bond motifs is 1. The van der Waals surface area contributed by atoms with Gasteiger partial charge in [0, 0.05) is 56.5 Å². The van der Waals surface area contributed by atoms with Gasteiger partial charge < -0.3 is 24.7 Å². The van der Waals surface area contributed by atoms with Gasteiger partial charge in [-0.3, -0.25) is 4.99 Å². The van der Waals surface area contributed by atoms with Gasteiger partial charge in [-0.05, 0) is 37.1 Å². The Kier molecular flexibility index (Phi) is 8.62. The third kappa shape index (κ3) is 6.19. The zero-order chi connectivity index (χ0) is 22.3. The van der Waals surface area contributed by atoms with Crippen molar-refractivity contribution in [3.8, 4) is 5.75 Å². The number of hydrogen-bond acceptors (Lipinski definition) is 6. The Morgan fingerprint density at radius 2 is 1.82 bits per heavy atom. The number of nitrogens with one attached hydrogen (secondary N) is 2. The second-order valence-electron chi connectivity index (χ2n) is 8.39. The molecule has 1 atom stereocenters. The van der Waals surface area contributed by atoms with E-state index in [0.717, 1.165) is 62.2 Å². The third-order valence-electron chi connectivity index (χ3n) is 6.15. The Balaban J connectivity index is 0.00000274. The molecule has 1 fully saturated rings. The minimum Gasteiger partial charge on any atom is -0.493 e. The maximum atomic E-state index is 5.84. The molecule has 0 bridgehead atoms. The molecule has 0 aliphatic carbocycles. The van der Waals surface area contributed by atoms with E-state index in [9.17, 15) is 0 Å². The Bertz CT molecular complexity index is 1040. The van der Waals surface area contributed by atoms with Crippen LogP contribution < -0.4 is 20.3 Å². The molecule has 1 unspecified atom stereocenters. The smallest absolute Gasteiger partial charge is 0.225 e. The number of furan rings is 1. The first-order valence-corrected chi connectivity index (χ1v) is 11.7. The van der Waals surface area contributed by atoms with Crippen LogP contribution >= 0.6 is 24.0 Å². The summed E-state index contributed by atoms with van der Waals surface area (Å²) in [4.78, 5) is 15.9. The van der Waals surface area contributed by atoms with E-state index in [1.807, 2.05) is 30.3 Å². The van der Waals surface area contributed by atoms with Crippen LogP contribution in [0.3, 0.4) is 0 Å². The van der Waals surface area contributed by atoms with Crippen molar-refractivity contribution in [2.24, 2.45) is 4.99 Å². The number of nitrogens with zero attached hydrogens (tertiary/aromatic N) is 4. The highest BCUT2D eigenvalue weighted by Gasteiger charge is 2.25. The van der Waals surface area contributed by atoms with E-state index in [-0.39, 0.29) is 30.0 Å². The van der Waals surface area contributed by atoms with Crippen LogP contribution in [0.5, 0.6) is 5.75 Å². The molecule has 2 N–H and O–H groups in total. The number of ether oxygens (including phenoxy) is 1. The summed E-state index contributed by atoms with van der Waals surface area (Å²) >= 11 is 0. The molecule has 4 heterocycles. The van der Waals surface area contributed by atoms with Crippen LogP contribution in [0.4, 0.5) is 5.95 Å². The summed E-state index contributed by atoms with van der Waals surface area (Å²) in [5, 5.41) is 7.36. The van der Waals surface area contributed by atoms with Crippen molar-refractivity contribution in [1.82, 2.24) is 20.6 Å². The Morgan fingerprint density at radius 1 is 1.00 bits per heavy atom. The van der Waals surface area contributed by atoms with Crippen LogP contribution in [0.25, 0.3) is 0 Å². The van der Waals surface area contributed by atoms with Gasteiger partial charge in [0.2, 0.25) is 5.95 Å². The van der Waals surface area contributed by atoms with Crippen LogP contribution in [-0.2, 0) is 6.42 Å². The molecule has 0 saturated carbocycles. The normalized spacial score (nSPS) is 18.4. The zero-order valence-electron chi connectivity index (χ0n) is 19.1. The van der Waals surface area contributed by atoms with Gasteiger partial charge >= 0.3 is 0 Å².